The summed E-state index contributed by atoms with van der Waals surface area (Å²) in [6.45, 7) is 5.21. The average Bonchev–Trinajstić information content (AvgIpc) is 2.85. The van der Waals surface area contributed by atoms with Crippen molar-refractivity contribution in [2.75, 3.05) is 5.32 Å². The summed E-state index contributed by atoms with van der Waals surface area (Å²) in [6, 6.07) is 5.92. The Bertz CT molecular complexity index is 704. The third-order valence-corrected chi connectivity index (χ3v) is 2.43. The zero-order chi connectivity index (χ0) is 16.3. The Morgan fingerprint density at radius 2 is 2.14 bits per heavy atom. The highest BCUT2D eigenvalue weighted by atomic mass is 16.6. The number of amides is 1. The second-order valence-electron chi connectivity index (χ2n) is 5.44. The van der Waals surface area contributed by atoms with E-state index in [9.17, 15) is 14.9 Å². The molecular formula is C13H15N5O4. The SMILES string of the molecule is CC(C)(C)OC(=O)Nc1n[nH]c(-c2cccc([N+](=O)[O-])c2)n1. The third-order valence-electron chi connectivity index (χ3n) is 2.43. The average molecular weight is 305 g/mol. The highest BCUT2D eigenvalue weighted by Gasteiger charge is 2.18. The number of anilines is 1. The third kappa shape index (κ3) is 4.01. The molecule has 0 spiro atoms. The number of nitrogens with zero attached hydrogens (tertiary/aromatic N) is 3. The Labute approximate surface area is 125 Å². The predicted octanol–water partition coefficient (Wildman–Crippen LogP) is 2.73. The first kappa shape index (κ1) is 15.4. The van der Waals surface area contributed by atoms with Crippen LogP contribution in [0.25, 0.3) is 11.4 Å². The number of hydrogen-bond donors (Lipinski definition) is 2. The van der Waals surface area contributed by atoms with Gasteiger partial charge in [-0.2, -0.15) is 4.98 Å². The van der Waals surface area contributed by atoms with Crippen molar-refractivity contribution in [3.05, 3.63) is 34.4 Å². The molecule has 116 valence electrons. The summed E-state index contributed by atoms with van der Waals surface area (Å²) in [7, 11) is 0. The quantitative estimate of drug-likeness (QED) is 0.663. The zero-order valence-corrected chi connectivity index (χ0v) is 12.3. The van der Waals surface area contributed by atoms with E-state index in [1.165, 1.54) is 18.2 Å². The Balaban J connectivity index is 2.13. The maximum absolute atomic E-state index is 11.6. The Morgan fingerprint density at radius 3 is 2.77 bits per heavy atom. The van der Waals surface area contributed by atoms with E-state index in [2.05, 4.69) is 20.5 Å². The van der Waals surface area contributed by atoms with E-state index < -0.39 is 16.6 Å². The predicted molar refractivity (Wildman–Crippen MR) is 78.3 cm³/mol. The summed E-state index contributed by atoms with van der Waals surface area (Å²) < 4.78 is 5.07. The molecule has 22 heavy (non-hydrogen) atoms. The number of ether oxygens (including phenoxy) is 1. The molecule has 1 aromatic heterocycles. The summed E-state index contributed by atoms with van der Waals surface area (Å²) >= 11 is 0. The van der Waals surface area contributed by atoms with E-state index in [4.69, 9.17) is 4.74 Å². The molecule has 0 fully saturated rings. The topological polar surface area (TPSA) is 123 Å². The van der Waals surface area contributed by atoms with Crippen molar-refractivity contribution in [1.29, 1.82) is 0 Å². The number of rotatable bonds is 3. The fraction of sp³-hybridized carbons (Fsp3) is 0.308. The molecule has 1 amide bonds. The van der Waals surface area contributed by atoms with E-state index in [1.807, 2.05) is 0 Å². The van der Waals surface area contributed by atoms with Gasteiger partial charge in [-0.05, 0) is 20.8 Å². The minimum Gasteiger partial charge on any atom is -0.444 e. The number of H-pyrrole nitrogens is 1. The number of benzene rings is 1. The van der Waals surface area contributed by atoms with Crippen molar-refractivity contribution >= 4 is 17.7 Å². The van der Waals surface area contributed by atoms with Gasteiger partial charge in [-0.25, -0.2) is 4.79 Å². The second kappa shape index (κ2) is 5.80. The number of nitro benzene ring substituents is 1. The Morgan fingerprint density at radius 1 is 1.41 bits per heavy atom. The highest BCUT2D eigenvalue weighted by Crippen LogP contribution is 2.21. The molecule has 0 aliphatic heterocycles. The van der Waals surface area contributed by atoms with Crippen LogP contribution in [-0.2, 0) is 4.74 Å². The van der Waals surface area contributed by atoms with Crippen molar-refractivity contribution in [2.24, 2.45) is 0 Å². The number of hydrogen-bond acceptors (Lipinski definition) is 6. The molecule has 0 saturated heterocycles. The van der Waals surface area contributed by atoms with Crippen LogP contribution < -0.4 is 5.32 Å². The van der Waals surface area contributed by atoms with Gasteiger partial charge in [-0.15, -0.1) is 5.10 Å². The van der Waals surface area contributed by atoms with Crippen molar-refractivity contribution in [1.82, 2.24) is 15.2 Å². The lowest BCUT2D eigenvalue weighted by Crippen LogP contribution is -2.27. The van der Waals surface area contributed by atoms with Crippen LogP contribution in [0.1, 0.15) is 20.8 Å². The van der Waals surface area contributed by atoms with Gasteiger partial charge >= 0.3 is 6.09 Å². The van der Waals surface area contributed by atoms with Crippen LogP contribution in [0.15, 0.2) is 24.3 Å². The second-order valence-corrected chi connectivity index (χ2v) is 5.44. The molecule has 0 radical (unpaired) electrons. The van der Waals surface area contributed by atoms with Gasteiger partial charge < -0.3 is 4.74 Å². The van der Waals surface area contributed by atoms with Gasteiger partial charge in [-0.1, -0.05) is 12.1 Å². The van der Waals surface area contributed by atoms with Crippen molar-refractivity contribution < 1.29 is 14.5 Å². The number of aromatic nitrogens is 3. The molecule has 1 heterocycles. The standard InChI is InChI=1S/C13H15N5O4/c1-13(2,3)22-12(19)15-11-14-10(16-17-11)8-5-4-6-9(7-8)18(20)21/h4-7H,1-3H3,(H2,14,15,16,17,19). The molecule has 2 N–H and O–H groups in total. The molecule has 0 aliphatic carbocycles. The number of carbonyl (C=O) groups is 1. The summed E-state index contributed by atoms with van der Waals surface area (Å²) in [5.41, 5.74) is -0.210. The molecule has 9 nitrogen and oxygen atoms in total. The smallest absolute Gasteiger partial charge is 0.414 e. The fourth-order valence-electron chi connectivity index (χ4n) is 1.61. The number of aromatic amines is 1. The van der Waals surface area contributed by atoms with Gasteiger partial charge in [-0.3, -0.25) is 20.5 Å². The molecule has 2 rings (SSSR count). The van der Waals surface area contributed by atoms with E-state index in [0.717, 1.165) is 0 Å². The number of nitrogens with one attached hydrogen (secondary N) is 2. The van der Waals surface area contributed by atoms with E-state index >= 15 is 0 Å². The summed E-state index contributed by atoms with van der Waals surface area (Å²) in [5, 5.41) is 19.6. The van der Waals surface area contributed by atoms with E-state index in [-0.39, 0.29) is 11.6 Å². The molecular weight excluding hydrogens is 290 g/mol. The van der Waals surface area contributed by atoms with Crippen LogP contribution in [0, 0.1) is 10.1 Å². The molecule has 9 heteroatoms. The minimum absolute atomic E-state index is 0.0238. The summed E-state index contributed by atoms with van der Waals surface area (Å²) in [4.78, 5) is 25.9. The first-order chi connectivity index (χ1) is 10.2. The highest BCUT2D eigenvalue weighted by molar-refractivity contribution is 5.82. The molecule has 2 aromatic rings. The monoisotopic (exact) mass is 305 g/mol. The molecule has 0 bridgehead atoms. The van der Waals surface area contributed by atoms with Crippen LogP contribution in [0.3, 0.4) is 0 Å². The van der Waals surface area contributed by atoms with Gasteiger partial charge in [0.1, 0.15) is 5.60 Å². The van der Waals surface area contributed by atoms with E-state index in [0.29, 0.717) is 11.4 Å². The van der Waals surface area contributed by atoms with Crippen LogP contribution in [-0.4, -0.2) is 31.8 Å². The minimum atomic E-state index is -0.683. The van der Waals surface area contributed by atoms with Crippen molar-refractivity contribution in [2.45, 2.75) is 26.4 Å². The lowest BCUT2D eigenvalue weighted by molar-refractivity contribution is -0.384. The molecule has 0 saturated carbocycles. The summed E-state index contributed by atoms with van der Waals surface area (Å²) in [6.07, 6.45) is -0.683. The normalized spacial score (nSPS) is 11.0. The van der Waals surface area contributed by atoms with Gasteiger partial charge in [0.25, 0.3) is 11.6 Å². The molecule has 0 atom stereocenters. The van der Waals surface area contributed by atoms with Crippen LogP contribution >= 0.6 is 0 Å². The van der Waals surface area contributed by atoms with Crippen LogP contribution in [0.4, 0.5) is 16.4 Å². The van der Waals surface area contributed by atoms with Gasteiger partial charge in [0.15, 0.2) is 5.82 Å². The lowest BCUT2D eigenvalue weighted by atomic mass is 10.2. The first-order valence-electron chi connectivity index (χ1n) is 6.42. The fourth-order valence-corrected chi connectivity index (χ4v) is 1.61. The number of carbonyl (C=O) groups excluding carboxylic acids is 1. The van der Waals surface area contributed by atoms with Gasteiger partial charge in [0, 0.05) is 17.7 Å². The maximum Gasteiger partial charge on any atom is 0.414 e. The number of nitro groups is 1. The Kier molecular flexibility index (Phi) is 4.06. The van der Waals surface area contributed by atoms with E-state index in [1.54, 1.807) is 26.8 Å². The van der Waals surface area contributed by atoms with Crippen LogP contribution in [0.5, 0.6) is 0 Å². The Hall–Kier alpha value is -2.97. The van der Waals surface area contributed by atoms with Crippen molar-refractivity contribution in [3.8, 4) is 11.4 Å². The first-order valence-corrected chi connectivity index (χ1v) is 6.42. The number of non-ortho nitro benzene ring substituents is 1. The molecule has 0 aliphatic rings. The largest absolute Gasteiger partial charge is 0.444 e. The molecule has 0 unspecified atom stereocenters. The maximum atomic E-state index is 11.6. The van der Waals surface area contributed by atoms with Gasteiger partial charge in [0.05, 0.1) is 4.92 Å². The van der Waals surface area contributed by atoms with Crippen molar-refractivity contribution in [3.63, 3.8) is 0 Å². The zero-order valence-electron chi connectivity index (χ0n) is 12.3. The lowest BCUT2D eigenvalue weighted by Gasteiger charge is -2.18. The van der Waals surface area contributed by atoms with Gasteiger partial charge in [0.2, 0.25) is 0 Å². The summed E-state index contributed by atoms with van der Waals surface area (Å²) in [5.74, 6) is 0.325. The molecule has 1 aromatic carbocycles. The van der Waals surface area contributed by atoms with Crippen LogP contribution in [0.2, 0.25) is 0 Å².